The lowest BCUT2D eigenvalue weighted by molar-refractivity contribution is 0.212. The van der Waals surface area contributed by atoms with Gasteiger partial charge in [-0.15, -0.1) is 0 Å². The molecule has 0 aromatic carbocycles. The van der Waals surface area contributed by atoms with Crippen LogP contribution in [0, 0.1) is 11.3 Å². The number of aryl methyl sites for hydroxylation is 2. The van der Waals surface area contributed by atoms with E-state index in [9.17, 15) is 0 Å². The van der Waals surface area contributed by atoms with Gasteiger partial charge in [0, 0.05) is 25.3 Å². The van der Waals surface area contributed by atoms with E-state index in [1.54, 1.807) is 0 Å². The van der Waals surface area contributed by atoms with Gasteiger partial charge in [0.1, 0.15) is 0 Å². The monoisotopic (exact) mass is 263 g/mol. The maximum atomic E-state index is 4.26. The van der Waals surface area contributed by atoms with Gasteiger partial charge in [0.25, 0.3) is 0 Å². The number of hydrogen-bond donors (Lipinski definition) is 1. The van der Waals surface area contributed by atoms with Crippen LogP contribution in [0.15, 0.2) is 12.4 Å². The van der Waals surface area contributed by atoms with Crippen molar-refractivity contribution in [3.8, 4) is 0 Å². The highest BCUT2D eigenvalue weighted by Crippen LogP contribution is 2.47. The molecule has 0 spiro atoms. The van der Waals surface area contributed by atoms with Crippen molar-refractivity contribution in [2.75, 3.05) is 6.54 Å². The van der Waals surface area contributed by atoms with Crippen LogP contribution in [0.1, 0.15) is 52.5 Å². The second-order valence-electron chi connectivity index (χ2n) is 7.55. The Kier molecular flexibility index (Phi) is 4.05. The van der Waals surface area contributed by atoms with Crippen LogP contribution in [0.25, 0.3) is 0 Å². The fraction of sp³-hybridized carbons (Fsp3) is 0.812. The van der Waals surface area contributed by atoms with Gasteiger partial charge in [-0.1, -0.05) is 6.92 Å². The average molecular weight is 263 g/mol. The zero-order chi connectivity index (χ0) is 14.1. The van der Waals surface area contributed by atoms with E-state index in [1.165, 1.54) is 24.8 Å². The summed E-state index contributed by atoms with van der Waals surface area (Å²) in [4.78, 5) is 0. The molecule has 1 aromatic rings. The average Bonchev–Trinajstić information content (AvgIpc) is 3.08. The van der Waals surface area contributed by atoms with E-state index in [0.717, 1.165) is 18.9 Å². The van der Waals surface area contributed by atoms with E-state index in [2.05, 4.69) is 44.3 Å². The predicted octanol–water partition coefficient (Wildman–Crippen LogP) is 3.16. The molecule has 0 saturated heterocycles. The van der Waals surface area contributed by atoms with Crippen LogP contribution in [0.3, 0.4) is 0 Å². The summed E-state index contributed by atoms with van der Waals surface area (Å²) < 4.78 is 1.90. The first kappa shape index (κ1) is 14.6. The number of rotatable bonds is 6. The largest absolute Gasteiger partial charge is 0.312 e. The quantitative estimate of drug-likeness (QED) is 0.854. The zero-order valence-corrected chi connectivity index (χ0v) is 13.2. The van der Waals surface area contributed by atoms with Gasteiger partial charge in [-0.25, -0.2) is 0 Å². The molecule has 0 aliphatic heterocycles. The lowest BCUT2D eigenvalue weighted by atomic mass is 9.79. The van der Waals surface area contributed by atoms with E-state index in [-0.39, 0.29) is 5.54 Å². The fourth-order valence-electron chi connectivity index (χ4n) is 2.72. The number of aromatic nitrogens is 2. The third kappa shape index (κ3) is 4.34. The van der Waals surface area contributed by atoms with Crippen molar-refractivity contribution in [1.29, 1.82) is 0 Å². The standard InChI is InChI=1S/C16H29N3/c1-15(2,3)17-12-16(4,14-6-7-14)9-8-13-10-18-19(5)11-13/h10-11,14,17H,6-9,12H2,1-5H3. The maximum Gasteiger partial charge on any atom is 0.0521 e. The lowest BCUT2D eigenvalue weighted by Gasteiger charge is -2.34. The molecule has 1 fully saturated rings. The van der Waals surface area contributed by atoms with Gasteiger partial charge in [-0.05, 0) is 63.4 Å². The second kappa shape index (κ2) is 5.28. The number of hydrogen-bond acceptors (Lipinski definition) is 2. The summed E-state index contributed by atoms with van der Waals surface area (Å²) in [7, 11) is 1.99. The summed E-state index contributed by atoms with van der Waals surface area (Å²) in [6, 6.07) is 0. The summed E-state index contributed by atoms with van der Waals surface area (Å²) in [5.41, 5.74) is 2.01. The van der Waals surface area contributed by atoms with Crippen molar-refractivity contribution in [3.63, 3.8) is 0 Å². The topological polar surface area (TPSA) is 29.9 Å². The molecule has 19 heavy (non-hydrogen) atoms. The predicted molar refractivity (Wildman–Crippen MR) is 80.1 cm³/mol. The summed E-state index contributed by atoms with van der Waals surface area (Å²) >= 11 is 0. The van der Waals surface area contributed by atoms with Crippen LogP contribution in [0.4, 0.5) is 0 Å². The molecule has 1 saturated carbocycles. The van der Waals surface area contributed by atoms with E-state index in [1.807, 2.05) is 17.9 Å². The lowest BCUT2D eigenvalue weighted by Crippen LogP contribution is -2.44. The molecule has 3 nitrogen and oxygen atoms in total. The van der Waals surface area contributed by atoms with Crippen LogP contribution in [0.2, 0.25) is 0 Å². The maximum absolute atomic E-state index is 4.26. The van der Waals surface area contributed by atoms with Crippen molar-refractivity contribution in [2.24, 2.45) is 18.4 Å². The molecule has 2 rings (SSSR count). The smallest absolute Gasteiger partial charge is 0.0521 e. The normalized spacial score (nSPS) is 19.4. The SMILES string of the molecule is Cn1cc(CCC(C)(CNC(C)(C)C)C2CC2)cn1. The van der Waals surface area contributed by atoms with Crippen LogP contribution >= 0.6 is 0 Å². The van der Waals surface area contributed by atoms with Gasteiger partial charge in [-0.3, -0.25) is 4.68 Å². The molecule has 1 atom stereocenters. The first-order valence-electron chi connectivity index (χ1n) is 7.51. The van der Waals surface area contributed by atoms with Gasteiger partial charge >= 0.3 is 0 Å². The molecular formula is C16H29N3. The summed E-state index contributed by atoms with van der Waals surface area (Å²) in [5, 5.41) is 7.97. The first-order valence-corrected chi connectivity index (χ1v) is 7.51. The fourth-order valence-corrected chi connectivity index (χ4v) is 2.72. The molecule has 1 aliphatic carbocycles. The first-order chi connectivity index (χ1) is 8.78. The van der Waals surface area contributed by atoms with Gasteiger partial charge < -0.3 is 5.32 Å². The van der Waals surface area contributed by atoms with E-state index in [4.69, 9.17) is 0 Å². The molecule has 108 valence electrons. The molecule has 0 amide bonds. The highest BCUT2D eigenvalue weighted by molar-refractivity contribution is 5.06. The summed E-state index contributed by atoms with van der Waals surface area (Å²) in [6.07, 6.45) is 9.37. The Balaban J connectivity index is 1.91. The van der Waals surface area contributed by atoms with Crippen molar-refractivity contribution < 1.29 is 0 Å². The minimum absolute atomic E-state index is 0.213. The summed E-state index contributed by atoms with van der Waals surface area (Å²) in [6.45, 7) is 10.3. The van der Waals surface area contributed by atoms with Gasteiger partial charge in [0.2, 0.25) is 0 Å². The van der Waals surface area contributed by atoms with Crippen molar-refractivity contribution >= 4 is 0 Å². The molecule has 3 heteroatoms. The number of nitrogens with zero attached hydrogens (tertiary/aromatic N) is 2. The minimum Gasteiger partial charge on any atom is -0.312 e. The molecular weight excluding hydrogens is 234 g/mol. The Morgan fingerprint density at radius 1 is 1.32 bits per heavy atom. The molecule has 1 unspecified atom stereocenters. The molecule has 1 heterocycles. The van der Waals surface area contributed by atoms with Crippen molar-refractivity contribution in [1.82, 2.24) is 15.1 Å². The minimum atomic E-state index is 0.213. The Morgan fingerprint density at radius 3 is 2.47 bits per heavy atom. The van der Waals surface area contributed by atoms with Crippen LogP contribution in [0.5, 0.6) is 0 Å². The molecule has 0 bridgehead atoms. The molecule has 1 aliphatic rings. The molecule has 1 N–H and O–H groups in total. The van der Waals surface area contributed by atoms with E-state index in [0.29, 0.717) is 5.41 Å². The van der Waals surface area contributed by atoms with Crippen LogP contribution in [-0.2, 0) is 13.5 Å². The van der Waals surface area contributed by atoms with Crippen LogP contribution in [-0.4, -0.2) is 21.9 Å². The van der Waals surface area contributed by atoms with E-state index >= 15 is 0 Å². The van der Waals surface area contributed by atoms with Gasteiger partial charge in [0.05, 0.1) is 6.20 Å². The molecule has 0 radical (unpaired) electrons. The third-order valence-corrected chi connectivity index (χ3v) is 4.33. The van der Waals surface area contributed by atoms with Crippen molar-refractivity contribution in [3.05, 3.63) is 18.0 Å². The van der Waals surface area contributed by atoms with E-state index < -0.39 is 0 Å². The Labute approximate surface area is 117 Å². The third-order valence-electron chi connectivity index (χ3n) is 4.33. The Bertz CT molecular complexity index is 412. The summed E-state index contributed by atoms with van der Waals surface area (Å²) in [5.74, 6) is 0.916. The Hall–Kier alpha value is -0.830. The zero-order valence-electron chi connectivity index (χ0n) is 13.2. The highest BCUT2D eigenvalue weighted by Gasteiger charge is 2.41. The van der Waals surface area contributed by atoms with Crippen molar-refractivity contribution in [2.45, 2.75) is 58.9 Å². The molecule has 1 aromatic heterocycles. The highest BCUT2D eigenvalue weighted by atomic mass is 15.2. The Morgan fingerprint density at radius 2 is 2.00 bits per heavy atom. The van der Waals surface area contributed by atoms with Gasteiger partial charge in [-0.2, -0.15) is 5.10 Å². The second-order valence-corrected chi connectivity index (χ2v) is 7.55. The van der Waals surface area contributed by atoms with Gasteiger partial charge in [0.15, 0.2) is 0 Å². The number of nitrogens with one attached hydrogen (secondary N) is 1. The van der Waals surface area contributed by atoms with Crippen LogP contribution < -0.4 is 5.32 Å².